The number of hydrogen-bond donors (Lipinski definition) is 4. The van der Waals surface area contributed by atoms with Crippen molar-refractivity contribution in [1.29, 1.82) is 0 Å². The van der Waals surface area contributed by atoms with Crippen LogP contribution in [0.5, 0.6) is 0 Å². The van der Waals surface area contributed by atoms with E-state index >= 15 is 0 Å². The van der Waals surface area contributed by atoms with E-state index in [-0.39, 0.29) is 12.5 Å². The molecule has 20 heavy (non-hydrogen) atoms. The zero-order valence-electron chi connectivity index (χ0n) is 11.4. The minimum atomic E-state index is 0.0536. The van der Waals surface area contributed by atoms with Crippen LogP contribution in [0.3, 0.4) is 0 Å². The van der Waals surface area contributed by atoms with E-state index in [1.807, 2.05) is 23.9 Å². The summed E-state index contributed by atoms with van der Waals surface area (Å²) in [5, 5.41) is 14.9. The molecule has 1 aliphatic rings. The number of nitrogens with one attached hydrogen (secondary N) is 2. The van der Waals surface area contributed by atoms with Gasteiger partial charge in [-0.25, -0.2) is 0 Å². The summed E-state index contributed by atoms with van der Waals surface area (Å²) in [5.74, 6) is 2.01. The largest absolute Gasteiger partial charge is 0.397 e. The molecule has 0 unspecified atom stereocenters. The van der Waals surface area contributed by atoms with Gasteiger partial charge in [0.15, 0.2) is 0 Å². The van der Waals surface area contributed by atoms with Crippen molar-refractivity contribution in [3.05, 3.63) is 17.7 Å². The molecule has 0 bridgehead atoms. The summed E-state index contributed by atoms with van der Waals surface area (Å²) in [6, 6.07) is 3.86. The lowest BCUT2D eigenvalue weighted by Crippen LogP contribution is -2.19. The molecule has 5 N–H and O–H groups in total. The van der Waals surface area contributed by atoms with Gasteiger partial charge in [0.05, 0.1) is 11.4 Å². The molecule has 0 aliphatic carbocycles. The first kappa shape index (κ1) is 15.0. The summed E-state index contributed by atoms with van der Waals surface area (Å²) in [6.07, 6.45) is 2.14. The van der Waals surface area contributed by atoms with Crippen LogP contribution in [0.2, 0.25) is 0 Å². The number of thioether (sulfide) groups is 1. The van der Waals surface area contributed by atoms with Gasteiger partial charge in [0.1, 0.15) is 0 Å². The molecule has 6 heteroatoms. The van der Waals surface area contributed by atoms with Gasteiger partial charge in [-0.1, -0.05) is 0 Å². The summed E-state index contributed by atoms with van der Waals surface area (Å²) in [7, 11) is 0. The molecule has 5 nitrogen and oxygen atoms in total. The lowest BCUT2D eigenvalue weighted by molar-refractivity contribution is -0.116. The molecule has 0 saturated carbocycles. The van der Waals surface area contributed by atoms with E-state index in [1.165, 1.54) is 0 Å². The zero-order chi connectivity index (χ0) is 14.4. The molecule has 1 amide bonds. The number of nitrogen functional groups attached to an aromatic ring is 1. The van der Waals surface area contributed by atoms with Crippen molar-refractivity contribution >= 4 is 34.7 Å². The third kappa shape index (κ3) is 4.05. The number of carbonyl (C=O) groups is 1. The Morgan fingerprint density at radius 1 is 1.35 bits per heavy atom. The van der Waals surface area contributed by atoms with Gasteiger partial charge in [-0.2, -0.15) is 11.8 Å². The van der Waals surface area contributed by atoms with Crippen LogP contribution >= 0.6 is 11.8 Å². The van der Waals surface area contributed by atoms with Gasteiger partial charge in [0, 0.05) is 31.0 Å². The van der Waals surface area contributed by atoms with E-state index in [0.29, 0.717) is 12.1 Å². The molecule has 1 aliphatic heterocycles. The van der Waals surface area contributed by atoms with Crippen LogP contribution in [0.25, 0.3) is 0 Å². The maximum atomic E-state index is 11.3. The molecule has 0 radical (unpaired) electrons. The van der Waals surface area contributed by atoms with Crippen LogP contribution in [0, 0.1) is 0 Å². The predicted molar refractivity (Wildman–Crippen MR) is 85.3 cm³/mol. The molecule has 0 fully saturated rings. The van der Waals surface area contributed by atoms with E-state index in [2.05, 4.69) is 10.6 Å². The lowest BCUT2D eigenvalue weighted by atomic mass is 10.0. The summed E-state index contributed by atoms with van der Waals surface area (Å²) in [4.78, 5) is 11.3. The average molecular weight is 295 g/mol. The Hall–Kier alpha value is -1.40. The third-order valence-corrected chi connectivity index (χ3v) is 4.25. The van der Waals surface area contributed by atoms with Gasteiger partial charge in [-0.3, -0.25) is 4.79 Å². The Labute approximate surface area is 123 Å². The predicted octanol–water partition coefficient (Wildman–Crippen LogP) is 1.68. The second-order valence-corrected chi connectivity index (χ2v) is 5.99. The molecular formula is C14H21N3O2S. The van der Waals surface area contributed by atoms with Crippen molar-refractivity contribution in [2.45, 2.75) is 19.3 Å². The lowest BCUT2D eigenvalue weighted by Gasteiger charge is -2.19. The van der Waals surface area contributed by atoms with Crippen molar-refractivity contribution in [3.8, 4) is 0 Å². The van der Waals surface area contributed by atoms with Gasteiger partial charge in [-0.15, -0.1) is 0 Å². The number of aliphatic hydroxyl groups is 1. The quantitative estimate of drug-likeness (QED) is 0.454. The van der Waals surface area contributed by atoms with Crippen LogP contribution in [0.1, 0.15) is 18.4 Å². The SMILES string of the molecule is Nc1cc2c(cc1NCCSCCCO)CCC(=O)N2. The number of benzene rings is 1. The summed E-state index contributed by atoms with van der Waals surface area (Å²) >= 11 is 1.81. The van der Waals surface area contributed by atoms with E-state index in [1.54, 1.807) is 0 Å². The smallest absolute Gasteiger partial charge is 0.224 e. The average Bonchev–Trinajstić information content (AvgIpc) is 2.43. The van der Waals surface area contributed by atoms with Crippen molar-refractivity contribution in [1.82, 2.24) is 0 Å². The van der Waals surface area contributed by atoms with Crippen LogP contribution in [0.4, 0.5) is 17.1 Å². The molecule has 110 valence electrons. The molecule has 0 saturated heterocycles. The highest BCUT2D eigenvalue weighted by atomic mass is 32.2. The number of carbonyl (C=O) groups excluding carboxylic acids is 1. The fourth-order valence-electron chi connectivity index (χ4n) is 2.13. The normalized spacial score (nSPS) is 13.8. The maximum absolute atomic E-state index is 11.3. The minimum Gasteiger partial charge on any atom is -0.397 e. The molecule has 1 aromatic carbocycles. The first-order valence-corrected chi connectivity index (χ1v) is 8.01. The topological polar surface area (TPSA) is 87.4 Å². The van der Waals surface area contributed by atoms with E-state index < -0.39 is 0 Å². The molecule has 2 rings (SSSR count). The Morgan fingerprint density at radius 2 is 2.20 bits per heavy atom. The minimum absolute atomic E-state index is 0.0536. The van der Waals surface area contributed by atoms with E-state index in [9.17, 15) is 4.79 Å². The Kier molecular flexibility index (Phi) is 5.55. The number of aliphatic hydroxyl groups excluding tert-OH is 1. The van der Waals surface area contributed by atoms with Gasteiger partial charge < -0.3 is 21.5 Å². The molecular weight excluding hydrogens is 274 g/mol. The van der Waals surface area contributed by atoms with E-state index in [4.69, 9.17) is 10.8 Å². The maximum Gasteiger partial charge on any atom is 0.224 e. The van der Waals surface area contributed by atoms with Crippen molar-refractivity contribution in [3.63, 3.8) is 0 Å². The Balaban J connectivity index is 1.87. The highest BCUT2D eigenvalue weighted by Gasteiger charge is 2.16. The highest BCUT2D eigenvalue weighted by molar-refractivity contribution is 7.99. The molecule has 1 heterocycles. The molecule has 1 aromatic rings. The second-order valence-electron chi connectivity index (χ2n) is 4.76. The summed E-state index contributed by atoms with van der Waals surface area (Å²) < 4.78 is 0. The molecule has 0 atom stereocenters. The van der Waals surface area contributed by atoms with E-state index in [0.717, 1.165) is 47.8 Å². The molecule has 0 aromatic heterocycles. The van der Waals surface area contributed by atoms with Gasteiger partial charge >= 0.3 is 0 Å². The van der Waals surface area contributed by atoms with Crippen LogP contribution in [-0.4, -0.2) is 35.7 Å². The van der Waals surface area contributed by atoms with Gasteiger partial charge in [0.2, 0.25) is 5.91 Å². The number of amides is 1. The number of anilines is 3. The number of hydrogen-bond acceptors (Lipinski definition) is 5. The Morgan fingerprint density at radius 3 is 3.00 bits per heavy atom. The van der Waals surface area contributed by atoms with Crippen LogP contribution in [0.15, 0.2) is 12.1 Å². The van der Waals surface area contributed by atoms with Crippen molar-refractivity contribution < 1.29 is 9.90 Å². The van der Waals surface area contributed by atoms with Crippen LogP contribution < -0.4 is 16.4 Å². The molecule has 0 spiro atoms. The standard InChI is InChI=1S/C14H21N3O2S/c15-11-9-12-10(2-3-14(19)17-12)8-13(11)16-4-7-20-6-1-5-18/h8-9,16,18H,1-7,15H2,(H,17,19). The third-order valence-electron chi connectivity index (χ3n) is 3.18. The van der Waals surface area contributed by atoms with Crippen LogP contribution in [-0.2, 0) is 11.2 Å². The second kappa shape index (κ2) is 7.40. The number of rotatable bonds is 7. The zero-order valence-corrected chi connectivity index (χ0v) is 12.3. The van der Waals surface area contributed by atoms with Gasteiger partial charge in [-0.05, 0) is 36.3 Å². The fraction of sp³-hybridized carbons (Fsp3) is 0.500. The first-order chi connectivity index (χ1) is 9.70. The fourth-order valence-corrected chi connectivity index (χ4v) is 2.91. The summed E-state index contributed by atoms with van der Waals surface area (Å²) in [5.41, 5.74) is 9.56. The number of nitrogens with two attached hydrogens (primary N) is 1. The first-order valence-electron chi connectivity index (χ1n) is 6.85. The van der Waals surface area contributed by atoms with Gasteiger partial charge in [0.25, 0.3) is 0 Å². The summed E-state index contributed by atoms with van der Waals surface area (Å²) in [6.45, 7) is 1.09. The Bertz CT molecular complexity index is 480. The number of fused-ring (bicyclic) bond motifs is 1. The monoisotopic (exact) mass is 295 g/mol. The van der Waals surface area contributed by atoms with Crippen molar-refractivity contribution in [2.75, 3.05) is 41.0 Å². The number of aryl methyl sites for hydroxylation is 1. The van der Waals surface area contributed by atoms with Crippen molar-refractivity contribution in [2.24, 2.45) is 0 Å². The highest BCUT2D eigenvalue weighted by Crippen LogP contribution is 2.30.